The highest BCUT2D eigenvalue weighted by atomic mass is 35.5. The van der Waals surface area contributed by atoms with Crippen LogP contribution in [-0.2, 0) is 0 Å². The number of carbonyl (C=O) groups is 1. The molecular formula is C17H11ClO2. The fourth-order valence-electron chi connectivity index (χ4n) is 1.95. The van der Waals surface area contributed by atoms with Crippen molar-refractivity contribution in [2.24, 2.45) is 0 Å². The number of benzene rings is 2. The quantitative estimate of drug-likeness (QED) is 0.501. The molecule has 3 aromatic rings. The molecule has 0 atom stereocenters. The maximum absolute atomic E-state index is 12.0. The van der Waals surface area contributed by atoms with Crippen LogP contribution in [-0.4, -0.2) is 5.78 Å². The topological polar surface area (TPSA) is 30.2 Å². The SMILES string of the molecule is O=C(/C=C\c1cc2ccccc2o1)c1ccc(Cl)cc1. The van der Waals surface area contributed by atoms with E-state index in [1.807, 2.05) is 30.3 Å². The second-order valence-electron chi connectivity index (χ2n) is 4.39. The van der Waals surface area contributed by atoms with Crippen molar-refractivity contribution in [2.75, 3.05) is 0 Å². The number of rotatable bonds is 3. The molecule has 0 N–H and O–H groups in total. The molecule has 3 heteroatoms. The van der Waals surface area contributed by atoms with E-state index in [1.54, 1.807) is 30.3 Å². The molecule has 1 aromatic heterocycles. The standard InChI is InChI=1S/C17H11ClO2/c18-14-7-5-12(6-8-14)16(19)10-9-15-11-13-3-1-2-4-17(13)20-15/h1-11H/b10-9-. The Morgan fingerprint density at radius 2 is 1.80 bits per heavy atom. The lowest BCUT2D eigenvalue weighted by atomic mass is 10.1. The van der Waals surface area contributed by atoms with E-state index in [0.29, 0.717) is 16.3 Å². The van der Waals surface area contributed by atoms with Gasteiger partial charge >= 0.3 is 0 Å². The lowest BCUT2D eigenvalue weighted by Gasteiger charge is -1.95. The molecule has 0 saturated carbocycles. The molecule has 0 spiro atoms. The van der Waals surface area contributed by atoms with Gasteiger partial charge < -0.3 is 4.42 Å². The highest BCUT2D eigenvalue weighted by Gasteiger charge is 2.03. The largest absolute Gasteiger partial charge is 0.457 e. The van der Waals surface area contributed by atoms with Gasteiger partial charge in [0.25, 0.3) is 0 Å². The van der Waals surface area contributed by atoms with Crippen LogP contribution in [0.1, 0.15) is 16.1 Å². The first kappa shape index (κ1) is 12.7. The Kier molecular flexibility index (Phi) is 3.40. The van der Waals surface area contributed by atoms with Crippen LogP contribution in [0.5, 0.6) is 0 Å². The van der Waals surface area contributed by atoms with Gasteiger partial charge in [0.15, 0.2) is 5.78 Å². The highest BCUT2D eigenvalue weighted by Crippen LogP contribution is 2.20. The zero-order valence-corrected chi connectivity index (χ0v) is 11.3. The van der Waals surface area contributed by atoms with E-state index in [-0.39, 0.29) is 5.78 Å². The maximum Gasteiger partial charge on any atom is 0.185 e. The van der Waals surface area contributed by atoms with Gasteiger partial charge in [-0.2, -0.15) is 0 Å². The number of fused-ring (bicyclic) bond motifs is 1. The minimum Gasteiger partial charge on any atom is -0.457 e. The number of furan rings is 1. The molecule has 0 bridgehead atoms. The third-order valence-corrected chi connectivity index (χ3v) is 3.22. The number of hydrogen-bond acceptors (Lipinski definition) is 2. The predicted octanol–water partition coefficient (Wildman–Crippen LogP) is 4.98. The molecule has 0 aliphatic carbocycles. The summed E-state index contributed by atoms with van der Waals surface area (Å²) in [5, 5.41) is 1.63. The van der Waals surface area contributed by atoms with Crippen molar-refractivity contribution in [2.45, 2.75) is 0 Å². The van der Waals surface area contributed by atoms with E-state index in [9.17, 15) is 4.79 Å². The summed E-state index contributed by atoms with van der Waals surface area (Å²) < 4.78 is 5.61. The van der Waals surface area contributed by atoms with Crippen molar-refractivity contribution in [1.82, 2.24) is 0 Å². The average Bonchev–Trinajstić information content (AvgIpc) is 2.88. The van der Waals surface area contributed by atoms with Crippen molar-refractivity contribution in [3.8, 4) is 0 Å². The molecule has 0 amide bonds. The summed E-state index contributed by atoms with van der Waals surface area (Å²) in [4.78, 5) is 12.0. The van der Waals surface area contributed by atoms with E-state index in [1.165, 1.54) is 6.08 Å². The summed E-state index contributed by atoms with van der Waals surface area (Å²) in [5.74, 6) is 0.579. The minimum atomic E-state index is -0.0814. The third kappa shape index (κ3) is 2.65. The van der Waals surface area contributed by atoms with Crippen LogP contribution in [0.4, 0.5) is 0 Å². The first-order chi connectivity index (χ1) is 9.72. The monoisotopic (exact) mass is 282 g/mol. The molecule has 0 saturated heterocycles. The van der Waals surface area contributed by atoms with Crippen LogP contribution in [0.3, 0.4) is 0 Å². The number of para-hydroxylation sites is 1. The zero-order valence-electron chi connectivity index (χ0n) is 10.5. The molecule has 1 heterocycles. The molecule has 3 rings (SSSR count). The zero-order chi connectivity index (χ0) is 13.9. The molecule has 0 aliphatic heterocycles. The highest BCUT2D eigenvalue weighted by molar-refractivity contribution is 6.30. The Balaban J connectivity index is 1.82. The van der Waals surface area contributed by atoms with Crippen molar-refractivity contribution in [3.05, 3.63) is 77.0 Å². The van der Waals surface area contributed by atoms with Gasteiger partial charge in [0.1, 0.15) is 11.3 Å². The second-order valence-corrected chi connectivity index (χ2v) is 4.83. The summed E-state index contributed by atoms with van der Waals surface area (Å²) >= 11 is 5.79. The summed E-state index contributed by atoms with van der Waals surface area (Å²) in [6.07, 6.45) is 3.18. The van der Waals surface area contributed by atoms with Gasteiger partial charge in [-0.1, -0.05) is 29.8 Å². The summed E-state index contributed by atoms with van der Waals surface area (Å²) in [7, 11) is 0. The second kappa shape index (κ2) is 5.35. The van der Waals surface area contributed by atoms with Crippen molar-refractivity contribution < 1.29 is 9.21 Å². The summed E-state index contributed by atoms with van der Waals surface area (Å²) in [5.41, 5.74) is 1.41. The molecule has 0 aliphatic rings. The molecule has 0 unspecified atom stereocenters. The predicted molar refractivity (Wildman–Crippen MR) is 81.0 cm³/mol. The average molecular weight is 283 g/mol. The van der Waals surface area contributed by atoms with Gasteiger partial charge in [0.2, 0.25) is 0 Å². The number of ketones is 1. The van der Waals surface area contributed by atoms with Crippen molar-refractivity contribution >= 4 is 34.4 Å². The van der Waals surface area contributed by atoms with Crippen LogP contribution in [0, 0.1) is 0 Å². The van der Waals surface area contributed by atoms with E-state index in [0.717, 1.165) is 11.0 Å². The molecule has 2 nitrogen and oxygen atoms in total. The van der Waals surface area contributed by atoms with Crippen LogP contribution < -0.4 is 0 Å². The Morgan fingerprint density at radius 1 is 1.05 bits per heavy atom. The third-order valence-electron chi connectivity index (χ3n) is 2.97. The molecule has 98 valence electrons. The van der Waals surface area contributed by atoms with Crippen molar-refractivity contribution in [3.63, 3.8) is 0 Å². The smallest absolute Gasteiger partial charge is 0.185 e. The lowest BCUT2D eigenvalue weighted by molar-refractivity contribution is 0.104. The van der Waals surface area contributed by atoms with Gasteiger partial charge in [-0.05, 0) is 48.6 Å². The first-order valence-electron chi connectivity index (χ1n) is 6.19. The van der Waals surface area contributed by atoms with E-state index < -0.39 is 0 Å². The van der Waals surface area contributed by atoms with Gasteiger partial charge in [-0.3, -0.25) is 4.79 Å². The number of carbonyl (C=O) groups excluding carboxylic acids is 1. The first-order valence-corrected chi connectivity index (χ1v) is 6.57. The Hall–Kier alpha value is -2.32. The number of allylic oxidation sites excluding steroid dienone is 1. The fraction of sp³-hybridized carbons (Fsp3) is 0. The Labute approximate surface area is 121 Å². The van der Waals surface area contributed by atoms with Crippen LogP contribution >= 0.6 is 11.6 Å². The number of halogens is 1. The lowest BCUT2D eigenvalue weighted by Crippen LogP contribution is -1.92. The van der Waals surface area contributed by atoms with Gasteiger partial charge in [-0.15, -0.1) is 0 Å². The van der Waals surface area contributed by atoms with Gasteiger partial charge in [0, 0.05) is 16.0 Å². The summed E-state index contributed by atoms with van der Waals surface area (Å²) in [6, 6.07) is 16.4. The molecule has 0 fully saturated rings. The van der Waals surface area contributed by atoms with Gasteiger partial charge in [-0.25, -0.2) is 0 Å². The van der Waals surface area contributed by atoms with E-state index >= 15 is 0 Å². The molecule has 2 aromatic carbocycles. The fourth-order valence-corrected chi connectivity index (χ4v) is 2.08. The van der Waals surface area contributed by atoms with E-state index in [2.05, 4.69) is 0 Å². The van der Waals surface area contributed by atoms with Gasteiger partial charge in [0.05, 0.1) is 0 Å². The number of hydrogen-bond donors (Lipinski definition) is 0. The minimum absolute atomic E-state index is 0.0814. The maximum atomic E-state index is 12.0. The van der Waals surface area contributed by atoms with Crippen LogP contribution in [0.25, 0.3) is 17.0 Å². The Bertz CT molecular complexity index is 749. The molecule has 20 heavy (non-hydrogen) atoms. The molecular weight excluding hydrogens is 272 g/mol. The van der Waals surface area contributed by atoms with Crippen molar-refractivity contribution in [1.29, 1.82) is 0 Å². The van der Waals surface area contributed by atoms with Crippen LogP contribution in [0.2, 0.25) is 5.02 Å². The Morgan fingerprint density at radius 3 is 2.55 bits per heavy atom. The van der Waals surface area contributed by atoms with Crippen LogP contribution in [0.15, 0.2) is 65.1 Å². The molecule has 0 radical (unpaired) electrons. The van der Waals surface area contributed by atoms with E-state index in [4.69, 9.17) is 16.0 Å². The summed E-state index contributed by atoms with van der Waals surface area (Å²) in [6.45, 7) is 0. The normalized spacial score (nSPS) is 11.2.